The Morgan fingerprint density at radius 2 is 0.750 bits per heavy atom. The zero-order valence-corrected chi connectivity index (χ0v) is 15.1. The molecule has 0 atom stereocenters. The molecule has 0 aromatic heterocycles. The molecule has 0 saturated heterocycles. The standard InChI is InChI=1S/C10H12Br2S4/c11-9-5(1-13)6(2-14)10(12)8(4-16)7(9)3-15/h13-16H,1-4H2. The van der Waals surface area contributed by atoms with Crippen molar-refractivity contribution in [3.8, 4) is 0 Å². The zero-order valence-electron chi connectivity index (χ0n) is 8.37. The summed E-state index contributed by atoms with van der Waals surface area (Å²) in [5.74, 6) is 2.73. The first-order valence-electron chi connectivity index (χ1n) is 4.56. The van der Waals surface area contributed by atoms with Gasteiger partial charge in [0.15, 0.2) is 0 Å². The predicted molar refractivity (Wildman–Crippen MR) is 92.6 cm³/mol. The molecule has 1 rings (SSSR count). The molecule has 0 aliphatic carbocycles. The lowest BCUT2D eigenvalue weighted by molar-refractivity contribution is 1.15. The van der Waals surface area contributed by atoms with E-state index in [-0.39, 0.29) is 0 Å². The molecule has 6 heteroatoms. The fraction of sp³-hybridized carbons (Fsp3) is 0.400. The van der Waals surface area contributed by atoms with Gasteiger partial charge in [-0.1, -0.05) is 31.9 Å². The molecule has 1 aromatic carbocycles. The summed E-state index contributed by atoms with van der Waals surface area (Å²) in [7, 11) is 0. The molecule has 0 amide bonds. The minimum absolute atomic E-state index is 0.683. The van der Waals surface area contributed by atoms with Gasteiger partial charge in [-0.2, -0.15) is 50.5 Å². The summed E-state index contributed by atoms with van der Waals surface area (Å²) in [6, 6.07) is 0. The van der Waals surface area contributed by atoms with Crippen LogP contribution in [0, 0.1) is 0 Å². The van der Waals surface area contributed by atoms with E-state index in [0.29, 0.717) is 23.0 Å². The number of halogens is 2. The van der Waals surface area contributed by atoms with Crippen molar-refractivity contribution in [2.75, 3.05) is 0 Å². The summed E-state index contributed by atoms with van der Waals surface area (Å²) in [6.45, 7) is 0. The highest BCUT2D eigenvalue weighted by Crippen LogP contribution is 2.38. The zero-order chi connectivity index (χ0) is 12.3. The normalized spacial score (nSPS) is 10.9. The third-order valence-corrected chi connectivity index (χ3v) is 5.60. The van der Waals surface area contributed by atoms with Crippen LogP contribution in [-0.2, 0) is 23.0 Å². The Kier molecular flexibility index (Phi) is 7.07. The quantitative estimate of drug-likeness (QED) is 0.488. The molecule has 0 nitrogen and oxygen atoms in total. The van der Waals surface area contributed by atoms with Crippen molar-refractivity contribution in [2.45, 2.75) is 23.0 Å². The molecule has 1 aromatic rings. The van der Waals surface area contributed by atoms with Crippen molar-refractivity contribution >= 4 is 82.4 Å². The monoisotopic (exact) mass is 418 g/mol. The number of thiol groups is 4. The van der Waals surface area contributed by atoms with Gasteiger partial charge in [-0.05, 0) is 22.3 Å². The van der Waals surface area contributed by atoms with Gasteiger partial charge in [0.25, 0.3) is 0 Å². The van der Waals surface area contributed by atoms with E-state index < -0.39 is 0 Å². The largest absolute Gasteiger partial charge is 0.174 e. The third kappa shape index (κ3) is 2.94. The van der Waals surface area contributed by atoms with Crippen LogP contribution < -0.4 is 0 Å². The summed E-state index contributed by atoms with van der Waals surface area (Å²) in [4.78, 5) is 0. The van der Waals surface area contributed by atoms with Crippen LogP contribution in [0.4, 0.5) is 0 Å². The van der Waals surface area contributed by atoms with Crippen molar-refractivity contribution in [3.63, 3.8) is 0 Å². The molecule has 16 heavy (non-hydrogen) atoms. The van der Waals surface area contributed by atoms with Gasteiger partial charge < -0.3 is 0 Å². The van der Waals surface area contributed by atoms with E-state index in [1.54, 1.807) is 0 Å². The molecule has 0 spiro atoms. The molecule has 0 heterocycles. The molecule has 0 fully saturated rings. The lowest BCUT2D eigenvalue weighted by atomic mass is 10.0. The predicted octanol–water partition coefficient (Wildman–Crippen LogP) is 4.93. The lowest BCUT2D eigenvalue weighted by Crippen LogP contribution is -2.02. The van der Waals surface area contributed by atoms with Crippen LogP contribution in [0.15, 0.2) is 8.95 Å². The van der Waals surface area contributed by atoms with Gasteiger partial charge in [0, 0.05) is 32.0 Å². The fourth-order valence-corrected chi connectivity index (χ4v) is 5.33. The van der Waals surface area contributed by atoms with Gasteiger partial charge in [0.2, 0.25) is 0 Å². The second-order valence-corrected chi connectivity index (χ2v) is 6.03. The maximum Gasteiger partial charge on any atom is 0.0262 e. The smallest absolute Gasteiger partial charge is 0.0262 e. The first-order valence-corrected chi connectivity index (χ1v) is 8.67. The Morgan fingerprint density at radius 1 is 0.562 bits per heavy atom. The lowest BCUT2D eigenvalue weighted by Gasteiger charge is -2.18. The molecule has 0 unspecified atom stereocenters. The third-order valence-electron chi connectivity index (χ3n) is 2.42. The average molecular weight is 420 g/mol. The second-order valence-electron chi connectivity index (χ2n) is 3.17. The van der Waals surface area contributed by atoms with Gasteiger partial charge in [0.1, 0.15) is 0 Å². The maximum absolute atomic E-state index is 4.37. The van der Waals surface area contributed by atoms with E-state index in [0.717, 1.165) is 8.95 Å². The first-order chi connectivity index (χ1) is 7.62. The highest BCUT2D eigenvalue weighted by atomic mass is 79.9. The molecule has 0 aliphatic heterocycles. The van der Waals surface area contributed by atoms with Crippen LogP contribution in [0.3, 0.4) is 0 Å². The molecule has 90 valence electrons. The van der Waals surface area contributed by atoms with Gasteiger partial charge in [-0.3, -0.25) is 0 Å². The number of rotatable bonds is 4. The van der Waals surface area contributed by atoms with E-state index >= 15 is 0 Å². The van der Waals surface area contributed by atoms with Crippen LogP contribution in [0.1, 0.15) is 22.3 Å². The van der Waals surface area contributed by atoms with Crippen molar-refractivity contribution in [1.82, 2.24) is 0 Å². The first kappa shape index (κ1) is 15.6. The van der Waals surface area contributed by atoms with E-state index in [2.05, 4.69) is 82.4 Å². The van der Waals surface area contributed by atoms with Crippen LogP contribution in [-0.4, -0.2) is 0 Å². The van der Waals surface area contributed by atoms with Crippen molar-refractivity contribution < 1.29 is 0 Å². The van der Waals surface area contributed by atoms with Crippen LogP contribution in [0.25, 0.3) is 0 Å². The van der Waals surface area contributed by atoms with Gasteiger partial charge in [0.05, 0.1) is 0 Å². The van der Waals surface area contributed by atoms with Gasteiger partial charge in [-0.25, -0.2) is 0 Å². The minimum Gasteiger partial charge on any atom is -0.174 e. The number of hydrogen-bond donors (Lipinski definition) is 4. The summed E-state index contributed by atoms with van der Waals surface area (Å²) < 4.78 is 2.18. The summed E-state index contributed by atoms with van der Waals surface area (Å²) in [6.07, 6.45) is 0. The number of hydrogen-bond acceptors (Lipinski definition) is 4. The molecule has 0 radical (unpaired) electrons. The Hall–Kier alpha value is 1.58. The second kappa shape index (κ2) is 7.24. The Labute approximate surface area is 135 Å². The maximum atomic E-state index is 4.37. The van der Waals surface area contributed by atoms with Crippen molar-refractivity contribution in [1.29, 1.82) is 0 Å². The van der Waals surface area contributed by atoms with E-state index in [1.165, 1.54) is 22.3 Å². The van der Waals surface area contributed by atoms with Crippen LogP contribution in [0.5, 0.6) is 0 Å². The van der Waals surface area contributed by atoms with E-state index in [4.69, 9.17) is 0 Å². The SMILES string of the molecule is SCc1c(Br)c(CS)c(CS)c(Br)c1CS. The van der Waals surface area contributed by atoms with Gasteiger partial charge in [-0.15, -0.1) is 0 Å². The van der Waals surface area contributed by atoms with Crippen molar-refractivity contribution in [2.24, 2.45) is 0 Å². The summed E-state index contributed by atoms with van der Waals surface area (Å²) in [5, 5.41) is 0. The molecule has 0 aliphatic rings. The summed E-state index contributed by atoms with van der Waals surface area (Å²) in [5.41, 5.74) is 4.72. The average Bonchev–Trinajstić information content (AvgIpc) is 2.30. The van der Waals surface area contributed by atoms with Gasteiger partial charge >= 0.3 is 0 Å². The molecule has 0 N–H and O–H groups in total. The highest BCUT2D eigenvalue weighted by molar-refractivity contribution is 9.11. The van der Waals surface area contributed by atoms with Crippen LogP contribution >= 0.6 is 82.4 Å². The Morgan fingerprint density at radius 3 is 0.875 bits per heavy atom. The highest BCUT2D eigenvalue weighted by Gasteiger charge is 2.18. The number of benzene rings is 1. The van der Waals surface area contributed by atoms with E-state index in [9.17, 15) is 0 Å². The molecule has 0 bridgehead atoms. The van der Waals surface area contributed by atoms with Crippen molar-refractivity contribution in [3.05, 3.63) is 31.2 Å². The van der Waals surface area contributed by atoms with E-state index in [1.807, 2.05) is 0 Å². The Bertz CT molecular complexity index is 323. The molecular weight excluding hydrogens is 408 g/mol. The van der Waals surface area contributed by atoms with Crippen LogP contribution in [0.2, 0.25) is 0 Å². The molecule has 0 saturated carbocycles. The molecular formula is C10H12Br2S4. The topological polar surface area (TPSA) is 0 Å². The Balaban J connectivity index is 3.60. The minimum atomic E-state index is 0.683. The fourth-order valence-electron chi connectivity index (χ4n) is 1.55. The summed E-state index contributed by atoms with van der Waals surface area (Å²) >= 11 is 24.8.